The number of aromatic nitrogens is 1. The predicted molar refractivity (Wildman–Crippen MR) is 133 cm³/mol. The maximum atomic E-state index is 14.2. The molecule has 0 bridgehead atoms. The molecule has 8 heteroatoms. The monoisotopic (exact) mass is 480 g/mol. The fourth-order valence-corrected chi connectivity index (χ4v) is 4.15. The van der Waals surface area contributed by atoms with Gasteiger partial charge in [0.05, 0.1) is 24.9 Å². The number of benzene rings is 2. The fourth-order valence-electron chi connectivity index (χ4n) is 4.15. The van der Waals surface area contributed by atoms with Gasteiger partial charge in [-0.05, 0) is 59.5 Å². The number of nitrogens with zero attached hydrogens (tertiary/aromatic N) is 2. The number of hydrogen-bond acceptors (Lipinski definition) is 5. The Morgan fingerprint density at radius 3 is 2.60 bits per heavy atom. The van der Waals surface area contributed by atoms with Gasteiger partial charge in [0.2, 0.25) is 5.91 Å². The number of halogens is 2. The predicted octanol–water partition coefficient (Wildman–Crippen LogP) is 4.51. The van der Waals surface area contributed by atoms with Crippen molar-refractivity contribution in [2.24, 2.45) is 11.7 Å². The van der Waals surface area contributed by atoms with Crippen LogP contribution in [0.15, 0.2) is 60.8 Å². The quantitative estimate of drug-likeness (QED) is 0.496. The third-order valence-corrected chi connectivity index (χ3v) is 5.95. The van der Waals surface area contributed by atoms with Gasteiger partial charge in [-0.2, -0.15) is 0 Å². The van der Waals surface area contributed by atoms with Crippen LogP contribution in [-0.2, 0) is 11.2 Å². The summed E-state index contributed by atoms with van der Waals surface area (Å²) >= 11 is 0. The SMILES string of the molecule is CC(C)COc1ccc(CC(=O)Nc2ccc(N3C[C@H](c4cc(F)ccc4F)[C@@H](N)C3)nc2)cc1. The zero-order valence-electron chi connectivity index (χ0n) is 19.9. The molecular weight excluding hydrogens is 450 g/mol. The van der Waals surface area contributed by atoms with Gasteiger partial charge in [0.25, 0.3) is 0 Å². The summed E-state index contributed by atoms with van der Waals surface area (Å²) < 4.78 is 33.5. The van der Waals surface area contributed by atoms with Gasteiger partial charge >= 0.3 is 0 Å². The average Bonchev–Trinajstić information content (AvgIpc) is 3.22. The summed E-state index contributed by atoms with van der Waals surface area (Å²) in [6.07, 6.45) is 1.81. The molecule has 1 aromatic heterocycles. The molecule has 0 aliphatic carbocycles. The molecule has 0 unspecified atom stereocenters. The lowest BCUT2D eigenvalue weighted by Crippen LogP contribution is -2.29. The Kier molecular flexibility index (Phi) is 7.60. The van der Waals surface area contributed by atoms with Crippen molar-refractivity contribution in [1.82, 2.24) is 4.98 Å². The smallest absolute Gasteiger partial charge is 0.228 e. The highest BCUT2D eigenvalue weighted by Crippen LogP contribution is 2.31. The van der Waals surface area contributed by atoms with Crippen LogP contribution in [0.3, 0.4) is 0 Å². The molecule has 0 spiro atoms. The number of pyridine rings is 1. The summed E-state index contributed by atoms with van der Waals surface area (Å²) in [5, 5.41) is 2.85. The normalized spacial score (nSPS) is 17.6. The van der Waals surface area contributed by atoms with E-state index in [0.29, 0.717) is 37.1 Å². The van der Waals surface area contributed by atoms with Crippen molar-refractivity contribution in [3.8, 4) is 5.75 Å². The first kappa shape index (κ1) is 24.6. The van der Waals surface area contributed by atoms with Gasteiger partial charge in [-0.3, -0.25) is 4.79 Å². The maximum Gasteiger partial charge on any atom is 0.228 e. The Morgan fingerprint density at radius 1 is 1.14 bits per heavy atom. The van der Waals surface area contributed by atoms with E-state index in [1.165, 1.54) is 6.07 Å². The Balaban J connectivity index is 1.32. The number of rotatable bonds is 8. The first-order valence-electron chi connectivity index (χ1n) is 11.7. The van der Waals surface area contributed by atoms with Crippen LogP contribution in [0.5, 0.6) is 5.75 Å². The van der Waals surface area contributed by atoms with Gasteiger partial charge in [-0.1, -0.05) is 26.0 Å². The molecule has 184 valence electrons. The second-order valence-corrected chi connectivity index (χ2v) is 9.32. The van der Waals surface area contributed by atoms with Crippen molar-refractivity contribution in [3.05, 3.63) is 83.6 Å². The molecule has 3 N–H and O–H groups in total. The van der Waals surface area contributed by atoms with Gasteiger partial charge in [-0.25, -0.2) is 13.8 Å². The second-order valence-electron chi connectivity index (χ2n) is 9.32. The molecular formula is C27H30F2N4O2. The van der Waals surface area contributed by atoms with Crippen molar-refractivity contribution in [1.29, 1.82) is 0 Å². The van der Waals surface area contributed by atoms with E-state index in [1.807, 2.05) is 29.2 Å². The highest BCUT2D eigenvalue weighted by atomic mass is 19.1. The van der Waals surface area contributed by atoms with E-state index < -0.39 is 11.6 Å². The molecule has 1 aliphatic heterocycles. The molecule has 0 radical (unpaired) electrons. The van der Waals surface area contributed by atoms with Gasteiger partial charge in [0, 0.05) is 25.0 Å². The van der Waals surface area contributed by atoms with Gasteiger partial charge in [0.1, 0.15) is 23.2 Å². The zero-order valence-corrected chi connectivity index (χ0v) is 19.9. The molecule has 2 atom stereocenters. The number of carbonyl (C=O) groups is 1. The van der Waals surface area contributed by atoms with E-state index in [1.54, 1.807) is 18.3 Å². The summed E-state index contributed by atoms with van der Waals surface area (Å²) in [5.41, 5.74) is 7.98. The minimum absolute atomic E-state index is 0.153. The van der Waals surface area contributed by atoms with Crippen molar-refractivity contribution in [3.63, 3.8) is 0 Å². The largest absolute Gasteiger partial charge is 0.493 e. The molecule has 1 saturated heterocycles. The van der Waals surface area contributed by atoms with Crippen LogP contribution in [0, 0.1) is 17.6 Å². The van der Waals surface area contributed by atoms with Crippen molar-refractivity contribution in [2.75, 3.05) is 29.9 Å². The second kappa shape index (κ2) is 10.8. The highest BCUT2D eigenvalue weighted by molar-refractivity contribution is 5.92. The summed E-state index contributed by atoms with van der Waals surface area (Å²) in [7, 11) is 0. The van der Waals surface area contributed by atoms with Gasteiger partial charge < -0.3 is 20.7 Å². The zero-order chi connectivity index (χ0) is 24.9. The van der Waals surface area contributed by atoms with Crippen molar-refractivity contribution < 1.29 is 18.3 Å². The Bertz CT molecular complexity index is 1150. The fraction of sp³-hybridized carbons (Fsp3) is 0.333. The summed E-state index contributed by atoms with van der Waals surface area (Å²) in [5.74, 6) is 0.453. The Hall–Kier alpha value is -3.52. The molecule has 2 aromatic carbocycles. The molecule has 0 saturated carbocycles. The lowest BCUT2D eigenvalue weighted by atomic mass is 9.94. The lowest BCUT2D eigenvalue weighted by Gasteiger charge is -2.18. The van der Waals surface area contributed by atoms with Crippen molar-refractivity contribution >= 4 is 17.4 Å². The molecule has 1 aliphatic rings. The summed E-state index contributed by atoms with van der Waals surface area (Å²) in [4.78, 5) is 18.8. The number of nitrogens with two attached hydrogens (primary N) is 1. The number of hydrogen-bond donors (Lipinski definition) is 2. The standard InChI is InChI=1S/C27H30F2N4O2/c1-17(2)16-35-21-7-3-18(4-8-21)11-27(34)32-20-6-10-26(31-13-20)33-14-23(25(30)15-33)22-12-19(28)5-9-24(22)29/h3-10,12-13,17,23,25H,11,14-16,30H2,1-2H3,(H,32,34)/t23-,25+/m1/s1. The van der Waals surface area contributed by atoms with Crippen LogP contribution in [0.4, 0.5) is 20.3 Å². The van der Waals surface area contributed by atoms with E-state index in [9.17, 15) is 13.6 Å². The third-order valence-electron chi connectivity index (χ3n) is 5.95. The van der Waals surface area contributed by atoms with E-state index in [2.05, 4.69) is 24.1 Å². The number of ether oxygens (including phenoxy) is 1. The summed E-state index contributed by atoms with van der Waals surface area (Å²) in [6.45, 7) is 5.72. The molecule has 4 rings (SSSR count). The maximum absolute atomic E-state index is 14.2. The van der Waals surface area contributed by atoms with Crippen LogP contribution < -0.4 is 20.7 Å². The minimum Gasteiger partial charge on any atom is -0.493 e. The molecule has 6 nitrogen and oxygen atoms in total. The number of anilines is 2. The molecule has 1 fully saturated rings. The van der Waals surface area contributed by atoms with E-state index in [-0.39, 0.29) is 29.9 Å². The van der Waals surface area contributed by atoms with Gasteiger partial charge in [-0.15, -0.1) is 0 Å². The summed E-state index contributed by atoms with van der Waals surface area (Å²) in [6, 6.07) is 14.1. The first-order chi connectivity index (χ1) is 16.8. The van der Waals surface area contributed by atoms with Crippen LogP contribution in [-0.4, -0.2) is 36.6 Å². The highest BCUT2D eigenvalue weighted by Gasteiger charge is 2.33. The van der Waals surface area contributed by atoms with E-state index >= 15 is 0 Å². The van der Waals surface area contributed by atoms with E-state index in [0.717, 1.165) is 23.4 Å². The Morgan fingerprint density at radius 2 is 1.91 bits per heavy atom. The lowest BCUT2D eigenvalue weighted by molar-refractivity contribution is -0.115. The third kappa shape index (κ3) is 6.33. The molecule has 3 aromatic rings. The van der Waals surface area contributed by atoms with Crippen molar-refractivity contribution in [2.45, 2.75) is 32.2 Å². The molecule has 2 heterocycles. The minimum atomic E-state index is -0.485. The number of nitrogens with one attached hydrogen (secondary N) is 1. The van der Waals surface area contributed by atoms with Crippen LogP contribution in [0.2, 0.25) is 0 Å². The number of carbonyl (C=O) groups excluding carboxylic acids is 1. The van der Waals surface area contributed by atoms with Crippen LogP contribution in [0.25, 0.3) is 0 Å². The van der Waals surface area contributed by atoms with Crippen LogP contribution in [0.1, 0.15) is 30.9 Å². The van der Waals surface area contributed by atoms with Gasteiger partial charge in [0.15, 0.2) is 0 Å². The Labute approximate surface area is 204 Å². The van der Waals surface area contributed by atoms with E-state index in [4.69, 9.17) is 10.5 Å². The average molecular weight is 481 g/mol. The number of amides is 1. The van der Waals surface area contributed by atoms with Crippen LogP contribution >= 0.6 is 0 Å². The molecule has 1 amide bonds. The topological polar surface area (TPSA) is 80.5 Å². The molecule has 35 heavy (non-hydrogen) atoms. The first-order valence-corrected chi connectivity index (χ1v) is 11.7.